The van der Waals surface area contributed by atoms with Crippen LogP contribution < -0.4 is 9.73 Å². The molecule has 0 heterocycles. The van der Waals surface area contributed by atoms with E-state index in [2.05, 4.69) is 31.3 Å². The van der Waals surface area contributed by atoms with E-state index in [0.29, 0.717) is 11.6 Å². The zero-order valence-corrected chi connectivity index (χ0v) is 19.0. The van der Waals surface area contributed by atoms with Crippen LogP contribution in [-0.2, 0) is 14.8 Å². The normalized spacial score (nSPS) is 17.6. The predicted octanol–water partition coefficient (Wildman–Crippen LogP) is 4.31. The highest BCUT2D eigenvalue weighted by Crippen LogP contribution is 2.36. The molecule has 0 atom stereocenters. The summed E-state index contributed by atoms with van der Waals surface area (Å²) in [5, 5.41) is 5.99. The standard InChI is InChI=1S/C23H31N3O3S/c1-23(2,3)18-12-14-19(15-13-18)24-25-22(27)16-26(30(4,28)29)21-11-7-9-17-8-5-6-10-20(17)21/h5-11,18H,12-16H2,1-4H3,(H,25,27). The maximum Gasteiger partial charge on any atom is 0.260 e. The lowest BCUT2D eigenvalue weighted by molar-refractivity contribution is -0.119. The van der Waals surface area contributed by atoms with Gasteiger partial charge in [0.15, 0.2) is 0 Å². The average Bonchev–Trinajstić information content (AvgIpc) is 2.69. The number of sulfonamides is 1. The van der Waals surface area contributed by atoms with Gasteiger partial charge >= 0.3 is 0 Å². The summed E-state index contributed by atoms with van der Waals surface area (Å²) in [6.45, 7) is 6.46. The molecule has 0 aliphatic heterocycles. The van der Waals surface area contributed by atoms with Crippen molar-refractivity contribution in [2.75, 3.05) is 17.1 Å². The number of anilines is 1. The topological polar surface area (TPSA) is 78.8 Å². The number of carbonyl (C=O) groups excluding carboxylic acids is 1. The monoisotopic (exact) mass is 429 g/mol. The Balaban J connectivity index is 1.72. The molecule has 1 saturated carbocycles. The van der Waals surface area contributed by atoms with Crippen LogP contribution in [-0.4, -0.2) is 32.8 Å². The van der Waals surface area contributed by atoms with Gasteiger partial charge in [-0.3, -0.25) is 9.10 Å². The summed E-state index contributed by atoms with van der Waals surface area (Å²) in [5.41, 5.74) is 4.31. The smallest absolute Gasteiger partial charge is 0.260 e. The molecule has 1 amide bonds. The van der Waals surface area contributed by atoms with E-state index in [4.69, 9.17) is 0 Å². The number of fused-ring (bicyclic) bond motifs is 1. The van der Waals surface area contributed by atoms with Gasteiger partial charge in [0.05, 0.1) is 11.9 Å². The second-order valence-corrected chi connectivity index (χ2v) is 11.0. The molecule has 162 valence electrons. The van der Waals surface area contributed by atoms with E-state index in [1.807, 2.05) is 30.3 Å². The minimum Gasteiger partial charge on any atom is -0.271 e. The third-order valence-electron chi connectivity index (χ3n) is 5.85. The van der Waals surface area contributed by atoms with E-state index in [-0.39, 0.29) is 12.0 Å². The van der Waals surface area contributed by atoms with Crippen LogP contribution in [0.1, 0.15) is 46.5 Å². The number of hydrogen-bond donors (Lipinski definition) is 1. The predicted molar refractivity (Wildman–Crippen MR) is 123 cm³/mol. The Bertz CT molecular complexity index is 1040. The molecule has 6 nitrogen and oxygen atoms in total. The molecule has 1 N–H and O–H groups in total. The molecule has 1 fully saturated rings. The minimum atomic E-state index is -3.65. The lowest BCUT2D eigenvalue weighted by Crippen LogP contribution is -2.39. The fraction of sp³-hybridized carbons (Fsp3) is 0.478. The van der Waals surface area contributed by atoms with Crippen molar-refractivity contribution in [3.05, 3.63) is 42.5 Å². The number of hydrogen-bond acceptors (Lipinski definition) is 4. The Morgan fingerprint density at radius 1 is 1.10 bits per heavy atom. The summed E-state index contributed by atoms with van der Waals surface area (Å²) in [6, 6.07) is 12.9. The van der Waals surface area contributed by atoms with Crippen molar-refractivity contribution >= 4 is 38.1 Å². The first-order chi connectivity index (χ1) is 14.1. The zero-order chi connectivity index (χ0) is 21.9. The summed E-state index contributed by atoms with van der Waals surface area (Å²) < 4.78 is 26.1. The highest BCUT2D eigenvalue weighted by atomic mass is 32.2. The molecule has 0 aromatic heterocycles. The van der Waals surface area contributed by atoms with E-state index in [1.165, 1.54) is 0 Å². The molecule has 1 aliphatic carbocycles. The third-order valence-corrected chi connectivity index (χ3v) is 6.98. The second kappa shape index (κ2) is 8.76. The van der Waals surface area contributed by atoms with Crippen LogP contribution in [0.25, 0.3) is 10.8 Å². The van der Waals surface area contributed by atoms with E-state index in [1.54, 1.807) is 12.1 Å². The molecule has 3 rings (SSSR count). The molecule has 30 heavy (non-hydrogen) atoms. The van der Waals surface area contributed by atoms with Gasteiger partial charge in [0.1, 0.15) is 6.54 Å². The molecular formula is C23H31N3O3S. The molecule has 0 saturated heterocycles. The molecular weight excluding hydrogens is 398 g/mol. The summed E-state index contributed by atoms with van der Waals surface area (Å²) in [5.74, 6) is 0.207. The maximum atomic E-state index is 12.6. The fourth-order valence-electron chi connectivity index (χ4n) is 4.04. The van der Waals surface area contributed by atoms with Gasteiger partial charge in [0.25, 0.3) is 5.91 Å². The Morgan fingerprint density at radius 3 is 2.37 bits per heavy atom. The molecule has 0 spiro atoms. The van der Waals surface area contributed by atoms with Crippen LogP contribution in [0.3, 0.4) is 0 Å². The maximum absolute atomic E-state index is 12.6. The third kappa shape index (κ3) is 5.39. The van der Waals surface area contributed by atoms with Gasteiger partial charge in [-0.1, -0.05) is 57.2 Å². The minimum absolute atomic E-state index is 0.281. The average molecular weight is 430 g/mol. The number of nitrogens with one attached hydrogen (secondary N) is 1. The number of hydrazone groups is 1. The highest BCUT2D eigenvalue weighted by Gasteiger charge is 2.28. The van der Waals surface area contributed by atoms with Gasteiger partial charge in [-0.2, -0.15) is 5.10 Å². The SMILES string of the molecule is CC(C)(C)C1CCC(=NNC(=O)CN(c2cccc3ccccc23)S(C)(=O)=O)CC1. The molecule has 2 aromatic rings. The number of benzene rings is 2. The molecule has 1 aliphatic rings. The quantitative estimate of drug-likeness (QED) is 0.719. The number of nitrogens with zero attached hydrogens (tertiary/aromatic N) is 2. The van der Waals surface area contributed by atoms with Crippen molar-refractivity contribution < 1.29 is 13.2 Å². The lowest BCUT2D eigenvalue weighted by Gasteiger charge is -2.34. The van der Waals surface area contributed by atoms with Gasteiger partial charge in [-0.05, 0) is 48.5 Å². The van der Waals surface area contributed by atoms with Crippen molar-refractivity contribution in [3.8, 4) is 0 Å². The van der Waals surface area contributed by atoms with Crippen LogP contribution in [0, 0.1) is 11.3 Å². The summed E-state index contributed by atoms with van der Waals surface area (Å²) >= 11 is 0. The first-order valence-corrected chi connectivity index (χ1v) is 12.2. The molecule has 7 heteroatoms. The van der Waals surface area contributed by atoms with Gasteiger partial charge in [0, 0.05) is 11.1 Å². The van der Waals surface area contributed by atoms with Crippen LogP contribution in [0.2, 0.25) is 0 Å². The Hall–Kier alpha value is -2.41. The Morgan fingerprint density at radius 2 is 1.73 bits per heavy atom. The van der Waals surface area contributed by atoms with Crippen LogP contribution in [0.4, 0.5) is 5.69 Å². The van der Waals surface area contributed by atoms with Crippen LogP contribution >= 0.6 is 0 Å². The molecule has 2 aromatic carbocycles. The molecule has 0 unspecified atom stereocenters. The van der Waals surface area contributed by atoms with E-state index >= 15 is 0 Å². The van der Waals surface area contributed by atoms with Crippen molar-refractivity contribution in [3.63, 3.8) is 0 Å². The van der Waals surface area contributed by atoms with Crippen molar-refractivity contribution in [1.29, 1.82) is 0 Å². The summed E-state index contributed by atoms with van der Waals surface area (Å²) in [6.07, 6.45) is 4.96. The van der Waals surface area contributed by atoms with Gasteiger partial charge in [0.2, 0.25) is 10.0 Å². The van der Waals surface area contributed by atoms with Gasteiger partial charge in [-0.25, -0.2) is 13.8 Å². The fourth-order valence-corrected chi connectivity index (χ4v) is 4.91. The Labute approximate surface area is 179 Å². The van der Waals surface area contributed by atoms with E-state index in [9.17, 15) is 13.2 Å². The zero-order valence-electron chi connectivity index (χ0n) is 18.2. The van der Waals surface area contributed by atoms with Gasteiger partial charge in [-0.15, -0.1) is 0 Å². The summed E-state index contributed by atoms with van der Waals surface area (Å²) in [4.78, 5) is 12.6. The number of rotatable bonds is 5. The van der Waals surface area contributed by atoms with E-state index < -0.39 is 15.9 Å². The van der Waals surface area contributed by atoms with Crippen LogP contribution in [0.5, 0.6) is 0 Å². The molecule has 0 bridgehead atoms. The highest BCUT2D eigenvalue weighted by molar-refractivity contribution is 7.92. The number of amides is 1. The van der Waals surface area contributed by atoms with Crippen molar-refractivity contribution in [1.82, 2.24) is 5.43 Å². The molecule has 0 radical (unpaired) electrons. The number of carbonyl (C=O) groups is 1. The largest absolute Gasteiger partial charge is 0.271 e. The Kier molecular flexibility index (Phi) is 6.50. The van der Waals surface area contributed by atoms with Crippen LogP contribution in [0.15, 0.2) is 47.6 Å². The first-order valence-electron chi connectivity index (χ1n) is 10.4. The lowest BCUT2D eigenvalue weighted by atomic mass is 9.72. The summed E-state index contributed by atoms with van der Waals surface area (Å²) in [7, 11) is -3.65. The van der Waals surface area contributed by atoms with Gasteiger partial charge < -0.3 is 0 Å². The second-order valence-electron chi connectivity index (χ2n) is 9.12. The first kappa shape index (κ1) is 22.3. The van der Waals surface area contributed by atoms with Crippen molar-refractivity contribution in [2.45, 2.75) is 46.5 Å². The van der Waals surface area contributed by atoms with E-state index in [0.717, 1.165) is 52.7 Å². The van der Waals surface area contributed by atoms with Crippen molar-refractivity contribution in [2.24, 2.45) is 16.4 Å².